The van der Waals surface area contributed by atoms with Crippen LogP contribution >= 0.6 is 23.2 Å². The van der Waals surface area contributed by atoms with Crippen LogP contribution in [-0.4, -0.2) is 34.0 Å². The van der Waals surface area contributed by atoms with Crippen molar-refractivity contribution in [2.24, 2.45) is 0 Å². The lowest BCUT2D eigenvalue weighted by atomic mass is 9.96. The van der Waals surface area contributed by atoms with Gasteiger partial charge in [-0.15, -0.1) is 0 Å². The highest BCUT2D eigenvalue weighted by Gasteiger charge is 2.31. The summed E-state index contributed by atoms with van der Waals surface area (Å²) >= 11 is 11.9. The van der Waals surface area contributed by atoms with Gasteiger partial charge >= 0.3 is 0 Å². The summed E-state index contributed by atoms with van der Waals surface area (Å²) in [7, 11) is 0. The highest BCUT2D eigenvalue weighted by molar-refractivity contribution is 6.33. The lowest BCUT2D eigenvalue weighted by Gasteiger charge is -2.35. The summed E-state index contributed by atoms with van der Waals surface area (Å²) in [5.74, 6) is 0.0107. The molecule has 8 heteroatoms. The molecule has 0 bridgehead atoms. The maximum Gasteiger partial charge on any atom is 0.273 e. The van der Waals surface area contributed by atoms with Crippen LogP contribution in [0, 0.1) is 6.92 Å². The first-order valence-corrected chi connectivity index (χ1v) is 10.1. The standard InChI is InChI=1S/C21H23Cl2N3O3/c1-12-14-6-5-9-29-16(14)8-7-15(12)19(27)25-26(21(2,3)4)20(28)13-10-17(22)24-18(23)11-13/h7-8,10-11H,5-6,9H2,1-4H3,(H,25,27). The number of carbonyl (C=O) groups excluding carboxylic acids is 2. The van der Waals surface area contributed by atoms with Gasteiger partial charge in [-0.1, -0.05) is 23.2 Å². The van der Waals surface area contributed by atoms with Crippen molar-refractivity contribution >= 4 is 35.0 Å². The Morgan fingerprint density at radius 3 is 2.45 bits per heavy atom. The van der Waals surface area contributed by atoms with Gasteiger partial charge < -0.3 is 4.74 Å². The van der Waals surface area contributed by atoms with E-state index in [1.165, 1.54) is 17.1 Å². The molecule has 0 spiro atoms. The van der Waals surface area contributed by atoms with Gasteiger partial charge in [0.2, 0.25) is 0 Å². The van der Waals surface area contributed by atoms with E-state index in [-0.39, 0.29) is 21.8 Å². The highest BCUT2D eigenvalue weighted by Crippen LogP contribution is 2.30. The second kappa shape index (κ2) is 8.20. The van der Waals surface area contributed by atoms with Crippen LogP contribution in [0.3, 0.4) is 0 Å². The Hall–Kier alpha value is -2.31. The van der Waals surface area contributed by atoms with Crippen LogP contribution in [0.5, 0.6) is 5.75 Å². The number of hydrazine groups is 1. The number of fused-ring (bicyclic) bond motifs is 1. The van der Waals surface area contributed by atoms with Gasteiger partial charge in [0.05, 0.1) is 12.1 Å². The van der Waals surface area contributed by atoms with Crippen molar-refractivity contribution in [1.29, 1.82) is 0 Å². The molecule has 0 radical (unpaired) electrons. The van der Waals surface area contributed by atoms with E-state index in [2.05, 4.69) is 10.4 Å². The fourth-order valence-corrected chi connectivity index (χ4v) is 3.72. The monoisotopic (exact) mass is 435 g/mol. The van der Waals surface area contributed by atoms with Crippen LogP contribution in [-0.2, 0) is 6.42 Å². The molecule has 6 nitrogen and oxygen atoms in total. The van der Waals surface area contributed by atoms with E-state index in [1.54, 1.807) is 6.07 Å². The number of rotatable bonds is 2. The number of hydrogen-bond donors (Lipinski definition) is 1. The summed E-state index contributed by atoms with van der Waals surface area (Å²) in [5, 5.41) is 1.49. The molecule has 0 aliphatic carbocycles. The average molecular weight is 436 g/mol. The Morgan fingerprint density at radius 1 is 1.17 bits per heavy atom. The first-order chi connectivity index (χ1) is 13.6. The largest absolute Gasteiger partial charge is 0.493 e. The van der Waals surface area contributed by atoms with Gasteiger partial charge in [0.25, 0.3) is 11.8 Å². The zero-order valence-electron chi connectivity index (χ0n) is 16.8. The van der Waals surface area contributed by atoms with Crippen molar-refractivity contribution in [3.8, 4) is 5.75 Å². The second-order valence-corrected chi connectivity index (χ2v) is 8.69. The predicted octanol–water partition coefficient (Wildman–Crippen LogP) is 4.61. The Labute approximate surface area is 180 Å². The molecule has 154 valence electrons. The van der Waals surface area contributed by atoms with E-state index >= 15 is 0 Å². The topological polar surface area (TPSA) is 71.5 Å². The molecule has 2 heterocycles. The van der Waals surface area contributed by atoms with Crippen molar-refractivity contribution in [3.05, 3.63) is 56.8 Å². The van der Waals surface area contributed by atoms with Crippen LogP contribution in [0.4, 0.5) is 0 Å². The molecule has 29 heavy (non-hydrogen) atoms. The lowest BCUT2D eigenvalue weighted by Crippen LogP contribution is -2.56. The molecule has 1 aliphatic heterocycles. The third-order valence-electron chi connectivity index (χ3n) is 4.73. The average Bonchev–Trinajstić information content (AvgIpc) is 2.64. The minimum atomic E-state index is -0.694. The van der Waals surface area contributed by atoms with Gasteiger partial charge in [-0.2, -0.15) is 0 Å². The maximum atomic E-state index is 13.1. The summed E-state index contributed by atoms with van der Waals surface area (Å²) in [6.45, 7) is 8.05. The molecule has 0 fully saturated rings. The Morgan fingerprint density at radius 2 is 1.83 bits per heavy atom. The number of carbonyl (C=O) groups is 2. The number of benzene rings is 1. The molecule has 3 rings (SSSR count). The van der Waals surface area contributed by atoms with Gasteiger partial charge in [0, 0.05) is 11.1 Å². The summed E-state index contributed by atoms with van der Waals surface area (Å²) in [6.07, 6.45) is 1.77. The number of aromatic nitrogens is 1. The van der Waals surface area contributed by atoms with E-state index in [0.29, 0.717) is 12.2 Å². The first-order valence-electron chi connectivity index (χ1n) is 9.32. The fourth-order valence-electron chi connectivity index (χ4n) is 3.26. The minimum Gasteiger partial charge on any atom is -0.493 e. The van der Waals surface area contributed by atoms with E-state index in [1.807, 2.05) is 33.8 Å². The summed E-state index contributed by atoms with van der Waals surface area (Å²) < 4.78 is 5.67. The van der Waals surface area contributed by atoms with Gasteiger partial charge in [0.15, 0.2) is 0 Å². The number of ether oxygens (including phenoxy) is 1. The number of halogens is 2. The van der Waals surface area contributed by atoms with Crippen molar-refractivity contribution < 1.29 is 14.3 Å². The number of hydrogen-bond acceptors (Lipinski definition) is 4. The predicted molar refractivity (Wildman–Crippen MR) is 113 cm³/mol. The highest BCUT2D eigenvalue weighted by atomic mass is 35.5. The van der Waals surface area contributed by atoms with E-state index in [0.717, 1.165) is 29.7 Å². The zero-order valence-corrected chi connectivity index (χ0v) is 18.3. The molecular formula is C21H23Cl2N3O3. The van der Waals surface area contributed by atoms with Crippen molar-refractivity contribution in [2.75, 3.05) is 6.61 Å². The third-order valence-corrected chi connectivity index (χ3v) is 5.11. The van der Waals surface area contributed by atoms with E-state index in [9.17, 15) is 9.59 Å². The molecule has 0 saturated heterocycles. The zero-order chi connectivity index (χ0) is 21.3. The number of pyridine rings is 1. The molecule has 2 aromatic rings. The van der Waals surface area contributed by atoms with Crippen LogP contribution < -0.4 is 10.2 Å². The minimum absolute atomic E-state index is 0.103. The summed E-state index contributed by atoms with van der Waals surface area (Å²) in [5.41, 5.74) is 4.69. The SMILES string of the molecule is Cc1c(C(=O)NN(C(=O)c2cc(Cl)nc(Cl)c2)C(C)(C)C)ccc2c1CCCO2. The molecule has 0 saturated carbocycles. The fraction of sp³-hybridized carbons (Fsp3) is 0.381. The van der Waals surface area contributed by atoms with Gasteiger partial charge in [-0.3, -0.25) is 15.0 Å². The third kappa shape index (κ3) is 4.65. The normalized spacial score (nSPS) is 13.3. The van der Waals surface area contributed by atoms with Gasteiger partial charge in [-0.25, -0.2) is 9.99 Å². The number of nitrogens with one attached hydrogen (secondary N) is 1. The summed E-state index contributed by atoms with van der Waals surface area (Å²) in [6, 6.07) is 6.37. The van der Waals surface area contributed by atoms with Crippen molar-refractivity contribution in [1.82, 2.24) is 15.4 Å². The molecule has 1 aromatic heterocycles. The molecule has 1 N–H and O–H groups in total. The van der Waals surface area contributed by atoms with Crippen molar-refractivity contribution in [3.63, 3.8) is 0 Å². The van der Waals surface area contributed by atoms with E-state index < -0.39 is 11.4 Å². The summed E-state index contributed by atoms with van der Waals surface area (Å²) in [4.78, 5) is 30.1. The molecule has 2 amide bonds. The lowest BCUT2D eigenvalue weighted by molar-refractivity contribution is 0.0358. The molecule has 1 aliphatic rings. The molecule has 0 atom stereocenters. The van der Waals surface area contributed by atoms with E-state index in [4.69, 9.17) is 27.9 Å². The van der Waals surface area contributed by atoms with Gasteiger partial charge in [0.1, 0.15) is 16.1 Å². The second-order valence-electron chi connectivity index (χ2n) is 7.92. The molecular weight excluding hydrogens is 413 g/mol. The van der Waals surface area contributed by atoms with Crippen LogP contribution in [0.1, 0.15) is 59.0 Å². The first kappa shape index (κ1) is 21.4. The number of amides is 2. The smallest absolute Gasteiger partial charge is 0.273 e. The van der Waals surface area contributed by atoms with Crippen LogP contribution in [0.15, 0.2) is 24.3 Å². The Balaban J connectivity index is 1.91. The Bertz CT molecular complexity index is 950. The van der Waals surface area contributed by atoms with Crippen LogP contribution in [0.2, 0.25) is 10.3 Å². The molecule has 1 aromatic carbocycles. The Kier molecular flexibility index (Phi) is 6.05. The van der Waals surface area contributed by atoms with Crippen molar-refractivity contribution in [2.45, 2.75) is 46.1 Å². The molecule has 0 unspecified atom stereocenters. The number of nitrogens with zero attached hydrogens (tertiary/aromatic N) is 2. The van der Waals surface area contributed by atoms with Crippen LogP contribution in [0.25, 0.3) is 0 Å². The maximum absolute atomic E-state index is 13.1. The van der Waals surface area contributed by atoms with Gasteiger partial charge in [-0.05, 0) is 75.9 Å². The quantitative estimate of drug-likeness (QED) is 0.552.